The molecule has 11 heteroatoms. The van der Waals surface area contributed by atoms with Crippen LogP contribution in [0.15, 0.2) is 53.4 Å². The van der Waals surface area contributed by atoms with Crippen LogP contribution in [0.25, 0.3) is 0 Å². The summed E-state index contributed by atoms with van der Waals surface area (Å²) in [5, 5.41) is 1.75. The van der Waals surface area contributed by atoms with Gasteiger partial charge in [-0.05, 0) is 36.8 Å². The zero-order chi connectivity index (χ0) is 24.1. The highest BCUT2D eigenvalue weighted by Gasteiger charge is 2.28. The minimum absolute atomic E-state index is 0.0657. The molecule has 2 aromatic carbocycles. The van der Waals surface area contributed by atoms with E-state index in [2.05, 4.69) is 9.62 Å². The summed E-state index contributed by atoms with van der Waals surface area (Å²) >= 11 is 0. The van der Waals surface area contributed by atoms with Crippen LogP contribution in [-0.2, 0) is 14.8 Å². The monoisotopic (exact) mass is 485 g/mol. The van der Waals surface area contributed by atoms with E-state index in [0.717, 1.165) is 11.1 Å². The van der Waals surface area contributed by atoms with Crippen molar-refractivity contribution in [1.82, 2.24) is 14.9 Å². The second-order valence-electron chi connectivity index (χ2n) is 7.75. The van der Waals surface area contributed by atoms with Crippen molar-refractivity contribution >= 4 is 15.9 Å². The fourth-order valence-electron chi connectivity index (χ4n) is 3.48. The van der Waals surface area contributed by atoms with Crippen LogP contribution in [-0.4, -0.2) is 64.8 Å². The first kappa shape index (κ1) is 25.2. The molecule has 0 aliphatic carbocycles. The Kier molecular flexibility index (Phi) is 8.11. The van der Waals surface area contributed by atoms with Crippen LogP contribution in [0.1, 0.15) is 27.5 Å². The molecule has 1 fully saturated rings. The number of sulfonamides is 1. The largest absolute Gasteiger partial charge is 0.405 e. The van der Waals surface area contributed by atoms with Gasteiger partial charge in [-0.3, -0.25) is 9.69 Å². The highest BCUT2D eigenvalue weighted by Crippen LogP contribution is 2.23. The Hall–Kier alpha value is -2.47. The Morgan fingerprint density at radius 2 is 1.67 bits per heavy atom. The van der Waals surface area contributed by atoms with Gasteiger partial charge in [-0.15, -0.1) is 0 Å². The number of alkyl halides is 3. The van der Waals surface area contributed by atoms with Crippen molar-refractivity contribution < 1.29 is 31.1 Å². The molecule has 3 rings (SSSR count). The molecule has 2 aromatic rings. The summed E-state index contributed by atoms with van der Waals surface area (Å²) in [5.41, 5.74) is 2.00. The Morgan fingerprint density at radius 1 is 1.06 bits per heavy atom. The molecule has 2 N–H and O–H groups in total. The first-order valence-electron chi connectivity index (χ1n) is 10.4. The molecule has 33 heavy (non-hydrogen) atoms. The van der Waals surface area contributed by atoms with Gasteiger partial charge in [-0.1, -0.05) is 29.8 Å². The lowest BCUT2D eigenvalue weighted by atomic mass is 10.0. The van der Waals surface area contributed by atoms with Gasteiger partial charge in [0.15, 0.2) is 0 Å². The van der Waals surface area contributed by atoms with Crippen LogP contribution in [0.3, 0.4) is 0 Å². The fraction of sp³-hybridized carbons (Fsp3) is 0.409. The normalized spacial score (nSPS) is 16.4. The van der Waals surface area contributed by atoms with E-state index in [1.807, 2.05) is 31.2 Å². The van der Waals surface area contributed by atoms with E-state index in [1.165, 1.54) is 24.3 Å². The van der Waals surface area contributed by atoms with Crippen LogP contribution < -0.4 is 10.0 Å². The zero-order valence-electron chi connectivity index (χ0n) is 18.1. The first-order chi connectivity index (χ1) is 15.5. The molecule has 1 amide bonds. The molecule has 0 aromatic heterocycles. The fourth-order valence-corrected chi connectivity index (χ4v) is 4.51. The maximum Gasteiger partial charge on any atom is 0.405 e. The number of ether oxygens (including phenoxy) is 1. The van der Waals surface area contributed by atoms with E-state index in [1.54, 1.807) is 5.32 Å². The van der Waals surface area contributed by atoms with Crippen molar-refractivity contribution in [2.75, 3.05) is 39.4 Å². The molecule has 1 aliphatic heterocycles. The quantitative estimate of drug-likeness (QED) is 0.600. The lowest BCUT2D eigenvalue weighted by molar-refractivity contribution is -0.123. The number of benzene rings is 2. The number of aryl methyl sites for hydroxylation is 1. The van der Waals surface area contributed by atoms with E-state index in [0.29, 0.717) is 26.3 Å². The average Bonchev–Trinajstić information content (AvgIpc) is 2.79. The van der Waals surface area contributed by atoms with Gasteiger partial charge in [-0.2, -0.15) is 13.2 Å². The molecular formula is C22H26F3N3O4S. The number of carbonyl (C=O) groups is 1. The van der Waals surface area contributed by atoms with Crippen molar-refractivity contribution in [3.63, 3.8) is 0 Å². The Labute approximate surface area is 191 Å². The van der Waals surface area contributed by atoms with Gasteiger partial charge < -0.3 is 10.1 Å². The summed E-state index contributed by atoms with van der Waals surface area (Å²) in [4.78, 5) is 13.9. The molecule has 180 valence electrons. The molecule has 0 radical (unpaired) electrons. The summed E-state index contributed by atoms with van der Waals surface area (Å²) in [6.07, 6.45) is -4.53. The number of amides is 1. The Balaban J connectivity index is 1.70. The summed E-state index contributed by atoms with van der Waals surface area (Å²) in [7, 11) is -3.91. The van der Waals surface area contributed by atoms with Crippen LogP contribution >= 0.6 is 0 Å². The SMILES string of the molecule is Cc1ccc(C(CNS(=O)(=O)c2ccc(C(=O)NCC(F)(F)F)cc2)N2CCOCC2)cc1. The number of carbonyl (C=O) groups excluding carboxylic acids is 1. The van der Waals surface area contributed by atoms with E-state index in [9.17, 15) is 26.4 Å². The maximum absolute atomic E-state index is 12.8. The van der Waals surface area contributed by atoms with Gasteiger partial charge in [0.1, 0.15) is 6.54 Å². The smallest absolute Gasteiger partial charge is 0.379 e. The second-order valence-corrected chi connectivity index (χ2v) is 9.52. The Morgan fingerprint density at radius 3 is 2.24 bits per heavy atom. The lowest BCUT2D eigenvalue weighted by Gasteiger charge is -2.35. The van der Waals surface area contributed by atoms with E-state index < -0.39 is 28.7 Å². The van der Waals surface area contributed by atoms with Gasteiger partial charge in [0.25, 0.3) is 5.91 Å². The molecule has 1 aliphatic rings. The van der Waals surface area contributed by atoms with E-state index in [4.69, 9.17) is 4.74 Å². The molecule has 1 unspecified atom stereocenters. The van der Waals surface area contributed by atoms with Crippen LogP contribution in [0.4, 0.5) is 13.2 Å². The molecule has 0 bridgehead atoms. The predicted molar refractivity (Wildman–Crippen MR) is 116 cm³/mol. The van der Waals surface area contributed by atoms with Gasteiger partial charge in [0.2, 0.25) is 10.0 Å². The predicted octanol–water partition coefficient (Wildman–Crippen LogP) is 2.64. The number of nitrogens with one attached hydrogen (secondary N) is 2. The van der Waals surface area contributed by atoms with Crippen molar-refractivity contribution in [1.29, 1.82) is 0 Å². The third-order valence-corrected chi connectivity index (χ3v) is 6.73. The van der Waals surface area contributed by atoms with Crippen molar-refractivity contribution in [3.8, 4) is 0 Å². The van der Waals surface area contributed by atoms with E-state index in [-0.39, 0.29) is 23.0 Å². The summed E-state index contributed by atoms with van der Waals surface area (Å²) in [6, 6.07) is 12.4. The minimum Gasteiger partial charge on any atom is -0.379 e. The molecule has 1 heterocycles. The van der Waals surface area contributed by atoms with Gasteiger partial charge in [0.05, 0.1) is 18.1 Å². The summed E-state index contributed by atoms with van der Waals surface area (Å²) in [6.45, 7) is 3.10. The molecule has 0 saturated carbocycles. The third kappa shape index (κ3) is 7.26. The van der Waals surface area contributed by atoms with Crippen LogP contribution in [0.5, 0.6) is 0 Å². The standard InChI is InChI=1S/C22H26F3N3O4S/c1-16-2-4-17(5-3-16)20(28-10-12-32-13-11-28)14-27-33(30,31)19-8-6-18(7-9-19)21(29)26-15-22(23,24)25/h2-9,20,27H,10-15H2,1H3,(H,26,29). The van der Waals surface area contributed by atoms with Gasteiger partial charge in [-0.25, -0.2) is 13.1 Å². The number of rotatable bonds is 8. The Bertz CT molecular complexity index is 1040. The zero-order valence-corrected chi connectivity index (χ0v) is 18.9. The highest BCUT2D eigenvalue weighted by atomic mass is 32.2. The topological polar surface area (TPSA) is 87.7 Å². The maximum atomic E-state index is 12.8. The second kappa shape index (κ2) is 10.6. The lowest BCUT2D eigenvalue weighted by Crippen LogP contribution is -2.43. The molecular weight excluding hydrogens is 459 g/mol. The van der Waals surface area contributed by atoms with Gasteiger partial charge >= 0.3 is 6.18 Å². The number of morpholine rings is 1. The van der Waals surface area contributed by atoms with Crippen LogP contribution in [0.2, 0.25) is 0 Å². The molecule has 0 spiro atoms. The number of nitrogens with zero attached hydrogens (tertiary/aromatic N) is 1. The number of hydrogen-bond donors (Lipinski definition) is 2. The van der Waals surface area contributed by atoms with Gasteiger partial charge in [0, 0.05) is 31.2 Å². The van der Waals surface area contributed by atoms with Crippen molar-refractivity contribution in [2.45, 2.75) is 24.0 Å². The summed E-state index contributed by atoms with van der Waals surface area (Å²) in [5.74, 6) is -0.934. The van der Waals surface area contributed by atoms with Crippen molar-refractivity contribution in [2.24, 2.45) is 0 Å². The highest BCUT2D eigenvalue weighted by molar-refractivity contribution is 7.89. The van der Waals surface area contributed by atoms with E-state index >= 15 is 0 Å². The average molecular weight is 486 g/mol. The summed E-state index contributed by atoms with van der Waals surface area (Å²) < 4.78 is 70.5. The first-order valence-corrected chi connectivity index (χ1v) is 11.9. The number of hydrogen-bond acceptors (Lipinski definition) is 5. The number of halogens is 3. The van der Waals surface area contributed by atoms with Crippen molar-refractivity contribution in [3.05, 3.63) is 65.2 Å². The minimum atomic E-state index is -4.53. The molecule has 1 atom stereocenters. The van der Waals surface area contributed by atoms with Crippen LogP contribution in [0, 0.1) is 6.92 Å². The molecule has 7 nitrogen and oxygen atoms in total. The third-order valence-electron chi connectivity index (χ3n) is 5.29. The molecule has 1 saturated heterocycles.